The average Bonchev–Trinajstić information content (AvgIpc) is 3.72. The van der Waals surface area contributed by atoms with Crippen LogP contribution in [0.1, 0.15) is 72.0 Å². The molecule has 0 unspecified atom stereocenters. The van der Waals surface area contributed by atoms with Crippen LogP contribution >= 0.6 is 11.6 Å². The molecule has 1 aliphatic heterocycles. The van der Waals surface area contributed by atoms with E-state index in [0.717, 1.165) is 67.0 Å². The fraction of sp³-hybridized carbons (Fsp3) is 0.343. The van der Waals surface area contributed by atoms with Crippen molar-refractivity contribution in [1.29, 1.82) is 0 Å². The molecule has 232 valence electrons. The maximum Gasteiger partial charge on any atom is 0.338 e. The molecule has 3 aromatic carbocycles. The molecule has 1 aliphatic rings. The van der Waals surface area contributed by atoms with Gasteiger partial charge in [0.15, 0.2) is 5.15 Å². The molecule has 0 radical (unpaired) electrons. The molecule has 0 amide bonds. The second-order valence-electron chi connectivity index (χ2n) is 11.5. The molecular formula is C35H38ClN7O2. The lowest BCUT2D eigenvalue weighted by Crippen LogP contribution is -2.29. The van der Waals surface area contributed by atoms with Gasteiger partial charge in [-0.3, -0.25) is 4.90 Å². The van der Waals surface area contributed by atoms with Gasteiger partial charge in [-0.15, -0.1) is 10.2 Å². The van der Waals surface area contributed by atoms with Crippen molar-refractivity contribution in [3.05, 3.63) is 106 Å². The summed E-state index contributed by atoms with van der Waals surface area (Å²) in [5.41, 5.74) is 6.49. The van der Waals surface area contributed by atoms with Crippen molar-refractivity contribution < 1.29 is 9.53 Å². The minimum atomic E-state index is -0.372. The third-order valence-corrected chi connectivity index (χ3v) is 8.66. The molecule has 0 atom stereocenters. The Morgan fingerprint density at radius 1 is 0.911 bits per heavy atom. The van der Waals surface area contributed by atoms with E-state index in [0.29, 0.717) is 28.8 Å². The monoisotopic (exact) mass is 623 g/mol. The van der Waals surface area contributed by atoms with E-state index in [9.17, 15) is 4.79 Å². The summed E-state index contributed by atoms with van der Waals surface area (Å²) in [6, 6.07) is 24.1. The number of halogens is 1. The molecule has 0 aliphatic carbocycles. The zero-order chi connectivity index (χ0) is 31.0. The topological polar surface area (TPSA) is 102 Å². The Bertz CT molecular complexity index is 1690. The number of carbonyl (C=O) groups excluding carboxylic acids is 1. The van der Waals surface area contributed by atoms with Crippen molar-refractivity contribution in [3.8, 4) is 22.5 Å². The number of likely N-dealkylation sites (tertiary alicyclic amines) is 1. The lowest BCUT2D eigenvalue weighted by molar-refractivity contribution is 0.0464. The van der Waals surface area contributed by atoms with Crippen molar-refractivity contribution >= 4 is 17.6 Å². The van der Waals surface area contributed by atoms with Gasteiger partial charge in [0.2, 0.25) is 5.82 Å². The van der Waals surface area contributed by atoms with Crippen LogP contribution < -0.4 is 0 Å². The molecule has 0 spiro atoms. The fourth-order valence-electron chi connectivity index (χ4n) is 5.87. The minimum Gasteiger partial charge on any atom is -0.456 e. The van der Waals surface area contributed by atoms with Gasteiger partial charge < -0.3 is 9.30 Å². The quantitative estimate of drug-likeness (QED) is 0.148. The molecule has 1 fully saturated rings. The van der Waals surface area contributed by atoms with Gasteiger partial charge in [-0.05, 0) is 72.0 Å². The number of esters is 1. The lowest BCUT2D eigenvalue weighted by Gasteiger charge is -2.26. The molecular weight excluding hydrogens is 586 g/mol. The Labute approximate surface area is 268 Å². The van der Waals surface area contributed by atoms with E-state index in [-0.39, 0.29) is 12.6 Å². The number of aryl methyl sites for hydroxylation is 1. The second-order valence-corrected chi connectivity index (χ2v) is 11.9. The average molecular weight is 624 g/mol. The molecule has 2 aromatic heterocycles. The van der Waals surface area contributed by atoms with Crippen molar-refractivity contribution in [2.45, 2.75) is 65.1 Å². The Kier molecular flexibility index (Phi) is 9.97. The van der Waals surface area contributed by atoms with Crippen molar-refractivity contribution in [3.63, 3.8) is 0 Å². The van der Waals surface area contributed by atoms with E-state index in [4.69, 9.17) is 16.3 Å². The summed E-state index contributed by atoms with van der Waals surface area (Å²) in [6.07, 6.45) is 6.64. The highest BCUT2D eigenvalue weighted by Crippen LogP contribution is 2.30. The number of tetrazole rings is 1. The number of aromatic nitrogens is 6. The van der Waals surface area contributed by atoms with Crippen LogP contribution in [0.4, 0.5) is 0 Å². The number of H-pyrrole nitrogens is 1. The molecule has 10 heteroatoms. The normalized spacial score (nSPS) is 13.6. The van der Waals surface area contributed by atoms with E-state index in [1.807, 2.05) is 48.5 Å². The first-order valence-corrected chi connectivity index (χ1v) is 16.1. The van der Waals surface area contributed by atoms with Crippen LogP contribution in [0.15, 0.2) is 72.8 Å². The largest absolute Gasteiger partial charge is 0.456 e. The van der Waals surface area contributed by atoms with Crippen LogP contribution in [0.3, 0.4) is 0 Å². The SMILES string of the molecule is CCCCc1nc(Cl)c(COC(=O)c2ccc(CN3CCCCC3)cc2)n1Cc1ccc(-c2ccccc2-c2nn[nH]n2)cc1. The maximum absolute atomic E-state index is 13.0. The zero-order valence-electron chi connectivity index (χ0n) is 25.6. The molecule has 45 heavy (non-hydrogen) atoms. The molecule has 0 bridgehead atoms. The number of imidazole rings is 1. The minimum absolute atomic E-state index is 0.0441. The highest BCUT2D eigenvalue weighted by molar-refractivity contribution is 6.30. The third kappa shape index (κ3) is 7.49. The number of piperidine rings is 1. The van der Waals surface area contributed by atoms with Crippen LogP contribution in [0.2, 0.25) is 5.15 Å². The number of unbranched alkanes of at least 4 members (excludes halogenated alkanes) is 1. The predicted octanol–water partition coefficient (Wildman–Crippen LogP) is 7.12. The first kappa shape index (κ1) is 30.7. The number of benzene rings is 3. The molecule has 6 rings (SSSR count). The number of aromatic amines is 1. The second kappa shape index (κ2) is 14.6. The molecule has 0 saturated carbocycles. The number of hydrogen-bond acceptors (Lipinski definition) is 7. The summed E-state index contributed by atoms with van der Waals surface area (Å²) in [5.74, 6) is 1.07. The zero-order valence-corrected chi connectivity index (χ0v) is 26.3. The maximum atomic E-state index is 13.0. The smallest absolute Gasteiger partial charge is 0.338 e. The summed E-state index contributed by atoms with van der Waals surface area (Å²) in [6.45, 7) is 5.94. The van der Waals surface area contributed by atoms with E-state index >= 15 is 0 Å². The summed E-state index contributed by atoms with van der Waals surface area (Å²) >= 11 is 6.66. The molecule has 5 aromatic rings. The number of hydrogen-bond donors (Lipinski definition) is 1. The molecule has 1 saturated heterocycles. The lowest BCUT2D eigenvalue weighted by atomic mass is 9.98. The number of nitrogens with one attached hydrogen (secondary N) is 1. The number of carbonyl (C=O) groups is 1. The third-order valence-electron chi connectivity index (χ3n) is 8.36. The van der Waals surface area contributed by atoms with E-state index < -0.39 is 0 Å². The Morgan fingerprint density at radius 2 is 1.62 bits per heavy atom. The fourth-order valence-corrected chi connectivity index (χ4v) is 6.13. The van der Waals surface area contributed by atoms with Gasteiger partial charge in [0.25, 0.3) is 0 Å². The van der Waals surface area contributed by atoms with Gasteiger partial charge in [0.05, 0.1) is 11.3 Å². The summed E-state index contributed by atoms with van der Waals surface area (Å²) in [5, 5.41) is 14.9. The summed E-state index contributed by atoms with van der Waals surface area (Å²) in [7, 11) is 0. The van der Waals surface area contributed by atoms with Gasteiger partial charge in [-0.25, -0.2) is 9.78 Å². The Morgan fingerprint density at radius 3 is 2.33 bits per heavy atom. The van der Waals surface area contributed by atoms with Crippen molar-refractivity contribution in [2.24, 2.45) is 0 Å². The van der Waals surface area contributed by atoms with Gasteiger partial charge in [-0.1, -0.05) is 92.0 Å². The molecule has 9 nitrogen and oxygen atoms in total. The highest BCUT2D eigenvalue weighted by atomic mass is 35.5. The van der Waals surface area contributed by atoms with Crippen molar-refractivity contribution in [2.75, 3.05) is 13.1 Å². The van der Waals surface area contributed by atoms with Gasteiger partial charge >= 0.3 is 5.97 Å². The number of rotatable bonds is 12. The molecule has 3 heterocycles. The Hall–Kier alpha value is -4.34. The van der Waals surface area contributed by atoms with Crippen LogP contribution in [0.25, 0.3) is 22.5 Å². The predicted molar refractivity (Wildman–Crippen MR) is 175 cm³/mol. The van der Waals surface area contributed by atoms with Crippen molar-refractivity contribution in [1.82, 2.24) is 35.1 Å². The van der Waals surface area contributed by atoms with Crippen LogP contribution in [-0.4, -0.2) is 54.1 Å². The van der Waals surface area contributed by atoms with Crippen LogP contribution in [0, 0.1) is 0 Å². The number of nitrogens with zero attached hydrogens (tertiary/aromatic N) is 6. The number of ether oxygens (including phenoxy) is 1. The standard InChI is InChI=1S/C35H38ClN7O2/c1-2-3-11-32-37-33(36)31(24-45-35(44)28-18-14-25(15-19-28)22-42-20-7-4-8-21-42)43(32)23-26-12-16-27(17-13-26)29-9-5-6-10-30(29)34-38-40-41-39-34/h5-6,9-10,12-19H,2-4,7-8,11,20-24H2,1H3,(H,38,39,40,41). The highest BCUT2D eigenvalue weighted by Gasteiger charge is 2.19. The van der Waals surface area contributed by atoms with Gasteiger partial charge in [0, 0.05) is 25.1 Å². The van der Waals surface area contributed by atoms with Gasteiger partial charge in [-0.2, -0.15) is 5.21 Å². The van der Waals surface area contributed by atoms with E-state index in [2.05, 4.69) is 66.3 Å². The van der Waals surface area contributed by atoms with Crippen LogP contribution in [0.5, 0.6) is 0 Å². The first-order chi connectivity index (χ1) is 22.1. The Balaban J connectivity index is 1.16. The summed E-state index contributed by atoms with van der Waals surface area (Å²) < 4.78 is 7.88. The van der Waals surface area contributed by atoms with Crippen LogP contribution in [-0.2, 0) is 30.9 Å². The molecule has 1 N–H and O–H groups in total. The first-order valence-electron chi connectivity index (χ1n) is 15.7. The van der Waals surface area contributed by atoms with E-state index in [1.54, 1.807) is 0 Å². The summed E-state index contributed by atoms with van der Waals surface area (Å²) in [4.78, 5) is 20.2. The van der Waals surface area contributed by atoms with Gasteiger partial charge in [0.1, 0.15) is 12.4 Å². The van der Waals surface area contributed by atoms with E-state index in [1.165, 1.54) is 24.8 Å².